The molecule has 1 aromatic carbocycles. The Bertz CT molecular complexity index is 788. The number of methoxy groups -OCH3 is 1. The Hall–Kier alpha value is -2.42. The van der Waals surface area contributed by atoms with Gasteiger partial charge in [-0.15, -0.1) is 0 Å². The summed E-state index contributed by atoms with van der Waals surface area (Å²) in [7, 11) is 1.21. The summed E-state index contributed by atoms with van der Waals surface area (Å²) in [4.78, 5) is 51.6. The molecule has 0 saturated heterocycles. The molecule has 2 amide bonds. The van der Waals surface area contributed by atoms with E-state index in [9.17, 15) is 19.2 Å². The molecule has 0 bridgehead atoms. The Balaban J connectivity index is 3.06. The maximum absolute atomic E-state index is 12.9. The molecule has 31 heavy (non-hydrogen) atoms. The van der Waals surface area contributed by atoms with E-state index in [-0.39, 0.29) is 6.42 Å². The molecule has 0 aliphatic heterocycles. The van der Waals surface area contributed by atoms with Crippen LogP contribution in [-0.2, 0) is 19.1 Å². The third-order valence-corrected chi connectivity index (χ3v) is 4.83. The highest BCUT2D eigenvalue weighted by atomic mass is 79.9. The van der Waals surface area contributed by atoms with Gasteiger partial charge in [0.25, 0.3) is 0 Å². The largest absolute Gasteiger partial charge is 0.469 e. The zero-order chi connectivity index (χ0) is 23.8. The Kier molecular flexibility index (Phi) is 10.2. The van der Waals surface area contributed by atoms with Crippen LogP contribution in [0.5, 0.6) is 0 Å². The van der Waals surface area contributed by atoms with Gasteiger partial charge in [-0.3, -0.25) is 19.3 Å². The van der Waals surface area contributed by atoms with Crippen LogP contribution in [0.2, 0.25) is 0 Å². The summed E-state index contributed by atoms with van der Waals surface area (Å²) in [6, 6.07) is 4.53. The molecule has 9 heteroatoms. The fourth-order valence-corrected chi connectivity index (χ4v) is 2.98. The third kappa shape index (κ3) is 8.69. The molecule has 0 heterocycles. The SMILES string of the molecule is CCCN(C(=O)OC(C)(C)C)[C@@H](C)C(=O)NC(CC(=O)OC)C(=O)c1ccc(Br)cc1. The van der Waals surface area contributed by atoms with E-state index in [1.54, 1.807) is 52.0 Å². The van der Waals surface area contributed by atoms with Crippen LogP contribution in [0.15, 0.2) is 28.7 Å². The molecule has 8 nitrogen and oxygen atoms in total. The smallest absolute Gasteiger partial charge is 0.410 e. The van der Waals surface area contributed by atoms with Gasteiger partial charge in [0.1, 0.15) is 17.7 Å². The minimum absolute atomic E-state index is 0.297. The molecule has 1 unspecified atom stereocenters. The van der Waals surface area contributed by atoms with Crippen LogP contribution >= 0.6 is 15.9 Å². The first-order valence-corrected chi connectivity index (χ1v) is 10.9. The standard InChI is InChI=1S/C22H31BrN2O6/c1-7-12-25(21(29)31-22(3,4)5)14(2)20(28)24-17(13-18(26)30-6)19(27)15-8-10-16(23)11-9-15/h8-11,14,17H,7,12-13H2,1-6H3,(H,24,28)/t14-,17?/m0/s1. The first-order valence-electron chi connectivity index (χ1n) is 10.1. The zero-order valence-electron chi connectivity index (χ0n) is 18.9. The summed E-state index contributed by atoms with van der Waals surface area (Å²) in [6.07, 6.45) is -0.342. The Labute approximate surface area is 191 Å². The monoisotopic (exact) mass is 498 g/mol. The average molecular weight is 499 g/mol. The van der Waals surface area contributed by atoms with Crippen molar-refractivity contribution < 1.29 is 28.7 Å². The number of benzene rings is 1. The number of carbonyl (C=O) groups is 4. The number of carbonyl (C=O) groups excluding carboxylic acids is 4. The second-order valence-electron chi connectivity index (χ2n) is 8.06. The molecule has 0 aliphatic carbocycles. The minimum Gasteiger partial charge on any atom is -0.469 e. The number of hydrogen-bond donors (Lipinski definition) is 1. The molecule has 1 rings (SSSR count). The average Bonchev–Trinajstić information content (AvgIpc) is 2.69. The van der Waals surface area contributed by atoms with E-state index >= 15 is 0 Å². The van der Waals surface area contributed by atoms with Crippen molar-refractivity contribution >= 4 is 39.7 Å². The Morgan fingerprint density at radius 2 is 1.71 bits per heavy atom. The highest BCUT2D eigenvalue weighted by Crippen LogP contribution is 2.15. The second-order valence-corrected chi connectivity index (χ2v) is 8.98. The Morgan fingerprint density at radius 3 is 2.19 bits per heavy atom. The van der Waals surface area contributed by atoms with Gasteiger partial charge in [-0.1, -0.05) is 35.0 Å². The lowest BCUT2D eigenvalue weighted by Gasteiger charge is -2.31. The highest BCUT2D eigenvalue weighted by Gasteiger charge is 2.32. The van der Waals surface area contributed by atoms with Crippen LogP contribution < -0.4 is 5.32 Å². The molecule has 1 aromatic rings. The van der Waals surface area contributed by atoms with Crippen molar-refractivity contribution in [2.24, 2.45) is 0 Å². The van der Waals surface area contributed by atoms with Gasteiger partial charge in [0, 0.05) is 16.6 Å². The van der Waals surface area contributed by atoms with Crippen LogP contribution in [0.4, 0.5) is 4.79 Å². The van der Waals surface area contributed by atoms with E-state index in [0.717, 1.165) is 4.47 Å². The van der Waals surface area contributed by atoms with Crippen molar-refractivity contribution in [3.63, 3.8) is 0 Å². The van der Waals surface area contributed by atoms with E-state index < -0.39 is 41.4 Å². The quantitative estimate of drug-likeness (QED) is 0.411. The molecule has 0 aliphatic rings. The molecule has 1 N–H and O–H groups in total. The lowest BCUT2D eigenvalue weighted by Crippen LogP contribution is -2.53. The first-order chi connectivity index (χ1) is 14.4. The number of ether oxygens (including phenoxy) is 2. The lowest BCUT2D eigenvalue weighted by atomic mass is 10.0. The van der Waals surface area contributed by atoms with Crippen molar-refractivity contribution in [3.05, 3.63) is 34.3 Å². The number of nitrogens with zero attached hydrogens (tertiary/aromatic N) is 1. The van der Waals surface area contributed by atoms with Gasteiger partial charge in [0.2, 0.25) is 5.91 Å². The van der Waals surface area contributed by atoms with E-state index in [0.29, 0.717) is 18.5 Å². The molecule has 0 aromatic heterocycles. The first kappa shape index (κ1) is 26.6. The van der Waals surface area contributed by atoms with Gasteiger partial charge in [-0.05, 0) is 46.2 Å². The number of Topliss-reactive ketones (excluding diaryl/α,β-unsaturated/α-hetero) is 1. The summed E-state index contributed by atoms with van der Waals surface area (Å²) in [5.41, 5.74) is -0.382. The van der Waals surface area contributed by atoms with Crippen LogP contribution in [0.1, 0.15) is 57.8 Å². The van der Waals surface area contributed by atoms with Crippen LogP contribution in [0.3, 0.4) is 0 Å². The van der Waals surface area contributed by atoms with Crippen molar-refractivity contribution in [2.45, 2.75) is 65.1 Å². The molecule has 0 fully saturated rings. The van der Waals surface area contributed by atoms with Crippen LogP contribution in [0.25, 0.3) is 0 Å². The van der Waals surface area contributed by atoms with Gasteiger partial charge in [0.05, 0.1) is 13.5 Å². The number of ketones is 1. The fraction of sp³-hybridized carbons (Fsp3) is 0.545. The van der Waals surface area contributed by atoms with Crippen molar-refractivity contribution in [3.8, 4) is 0 Å². The molecular weight excluding hydrogens is 468 g/mol. The number of hydrogen-bond acceptors (Lipinski definition) is 6. The molecular formula is C22H31BrN2O6. The zero-order valence-corrected chi connectivity index (χ0v) is 20.4. The number of nitrogens with one attached hydrogen (secondary N) is 1. The predicted molar refractivity (Wildman–Crippen MR) is 120 cm³/mol. The summed E-state index contributed by atoms with van der Waals surface area (Å²) in [5.74, 6) is -1.64. The number of halogens is 1. The molecule has 2 atom stereocenters. The molecule has 172 valence electrons. The number of esters is 1. The maximum Gasteiger partial charge on any atom is 0.410 e. The number of amides is 2. The van der Waals surface area contributed by atoms with Gasteiger partial charge in [-0.25, -0.2) is 4.79 Å². The van der Waals surface area contributed by atoms with Crippen LogP contribution in [0, 0.1) is 0 Å². The summed E-state index contributed by atoms with van der Waals surface area (Å²) < 4.78 is 10.9. The minimum atomic E-state index is -1.13. The van der Waals surface area contributed by atoms with Crippen molar-refractivity contribution in [1.82, 2.24) is 10.2 Å². The normalized spacial score (nSPS) is 13.0. The Morgan fingerprint density at radius 1 is 1.13 bits per heavy atom. The van der Waals surface area contributed by atoms with E-state index in [1.807, 2.05) is 6.92 Å². The lowest BCUT2D eigenvalue weighted by molar-refractivity contribution is -0.141. The molecule has 0 saturated carbocycles. The fourth-order valence-electron chi connectivity index (χ4n) is 2.71. The summed E-state index contributed by atoms with van der Waals surface area (Å²) >= 11 is 3.30. The predicted octanol–water partition coefficient (Wildman–Crippen LogP) is 3.72. The van der Waals surface area contributed by atoms with Gasteiger partial charge in [-0.2, -0.15) is 0 Å². The van der Waals surface area contributed by atoms with Crippen molar-refractivity contribution in [2.75, 3.05) is 13.7 Å². The summed E-state index contributed by atoms with van der Waals surface area (Å²) in [5, 5.41) is 2.60. The number of rotatable bonds is 9. The van der Waals surface area contributed by atoms with Gasteiger partial charge in [0.15, 0.2) is 5.78 Å². The maximum atomic E-state index is 12.9. The topological polar surface area (TPSA) is 102 Å². The van der Waals surface area contributed by atoms with E-state index in [4.69, 9.17) is 4.74 Å². The van der Waals surface area contributed by atoms with E-state index in [2.05, 4.69) is 26.0 Å². The van der Waals surface area contributed by atoms with Gasteiger partial charge < -0.3 is 14.8 Å². The van der Waals surface area contributed by atoms with Crippen molar-refractivity contribution in [1.29, 1.82) is 0 Å². The molecule has 0 radical (unpaired) electrons. The van der Waals surface area contributed by atoms with Crippen LogP contribution in [-0.4, -0.2) is 60.0 Å². The molecule has 0 spiro atoms. The van der Waals surface area contributed by atoms with E-state index in [1.165, 1.54) is 12.0 Å². The third-order valence-electron chi connectivity index (χ3n) is 4.30. The van der Waals surface area contributed by atoms with Gasteiger partial charge >= 0.3 is 12.1 Å². The second kappa shape index (κ2) is 11.8. The summed E-state index contributed by atoms with van der Waals surface area (Å²) in [6.45, 7) is 8.94. The highest BCUT2D eigenvalue weighted by molar-refractivity contribution is 9.10.